The molecule has 146 valence electrons. The number of aromatic nitrogens is 3. The second kappa shape index (κ2) is 6.60. The normalized spacial score (nSPS) is 12.6. The zero-order chi connectivity index (χ0) is 20.1. The van der Waals surface area contributed by atoms with Crippen molar-refractivity contribution in [2.24, 2.45) is 0 Å². The third-order valence-electron chi connectivity index (χ3n) is 4.04. The maximum absolute atomic E-state index is 12.9. The van der Waals surface area contributed by atoms with Gasteiger partial charge in [0, 0.05) is 25.6 Å². The average Bonchev–Trinajstić information content (AvgIpc) is 3.16. The smallest absolute Gasteiger partial charge is 0.267 e. The van der Waals surface area contributed by atoms with Gasteiger partial charge in [0.15, 0.2) is 5.13 Å². The van der Waals surface area contributed by atoms with Crippen LogP contribution in [-0.2, 0) is 11.0 Å². The molecule has 0 fully saturated rings. The van der Waals surface area contributed by atoms with Gasteiger partial charge in [0.25, 0.3) is 5.91 Å². The highest BCUT2D eigenvalue weighted by atomic mass is 32.1. The first-order valence-corrected chi connectivity index (χ1v) is 10.5. The average molecular weight is 406 g/mol. The summed E-state index contributed by atoms with van der Waals surface area (Å²) in [6, 6.07) is 3.89. The van der Waals surface area contributed by atoms with Gasteiger partial charge in [-0.25, -0.2) is 9.67 Å². The van der Waals surface area contributed by atoms with Crippen LogP contribution in [0.4, 0.5) is 10.9 Å². The Kier molecular flexibility index (Phi) is 4.84. The van der Waals surface area contributed by atoms with Crippen molar-refractivity contribution in [2.45, 2.75) is 52.5 Å². The second-order valence-corrected chi connectivity index (χ2v) is 10.9. The Balaban J connectivity index is 1.91. The number of amides is 1. The topological polar surface area (TPSA) is 63.1 Å². The van der Waals surface area contributed by atoms with Crippen molar-refractivity contribution in [1.29, 1.82) is 0 Å². The van der Waals surface area contributed by atoms with Crippen LogP contribution in [0.2, 0.25) is 0 Å². The van der Waals surface area contributed by atoms with Crippen molar-refractivity contribution in [3.8, 4) is 0 Å². The van der Waals surface area contributed by atoms with E-state index in [9.17, 15) is 4.79 Å². The quantitative estimate of drug-likeness (QED) is 0.671. The Morgan fingerprint density at radius 1 is 1.11 bits per heavy atom. The lowest BCUT2D eigenvalue weighted by Gasteiger charge is -2.22. The molecule has 0 unspecified atom stereocenters. The molecule has 0 aliphatic rings. The van der Waals surface area contributed by atoms with E-state index in [4.69, 9.17) is 5.10 Å². The van der Waals surface area contributed by atoms with E-state index >= 15 is 0 Å². The summed E-state index contributed by atoms with van der Waals surface area (Å²) in [7, 11) is 3.94. The molecule has 3 aromatic heterocycles. The van der Waals surface area contributed by atoms with Crippen molar-refractivity contribution in [2.75, 3.05) is 24.3 Å². The molecular formula is C19H27N5OS2. The Morgan fingerprint density at radius 3 is 2.30 bits per heavy atom. The number of nitrogens with one attached hydrogen (secondary N) is 1. The van der Waals surface area contributed by atoms with Crippen molar-refractivity contribution >= 4 is 49.1 Å². The third-order valence-corrected chi connectivity index (χ3v) is 6.37. The highest BCUT2D eigenvalue weighted by Crippen LogP contribution is 2.34. The number of carbonyl (C=O) groups excluding carboxylic acids is 1. The number of thiophene rings is 1. The second-order valence-electron chi connectivity index (χ2n) is 8.87. The Bertz CT molecular complexity index is 951. The first-order chi connectivity index (χ1) is 12.4. The maximum Gasteiger partial charge on any atom is 0.267 e. The molecule has 0 bridgehead atoms. The van der Waals surface area contributed by atoms with E-state index in [1.54, 1.807) is 11.3 Å². The molecular weight excluding hydrogens is 378 g/mol. The minimum absolute atomic E-state index is 0.0893. The molecule has 0 aliphatic heterocycles. The SMILES string of the molecule is CN(C)c1nc2sc(C(=O)Nc3cc(C(C)(C)C)nn3C(C)(C)C)cc2s1. The van der Waals surface area contributed by atoms with E-state index < -0.39 is 0 Å². The summed E-state index contributed by atoms with van der Waals surface area (Å²) in [6.45, 7) is 12.6. The molecule has 0 atom stereocenters. The Hall–Kier alpha value is -1.93. The van der Waals surface area contributed by atoms with Crippen LogP contribution < -0.4 is 10.2 Å². The van der Waals surface area contributed by atoms with Gasteiger partial charge in [0.1, 0.15) is 10.6 Å². The number of hydrogen-bond donors (Lipinski definition) is 1. The summed E-state index contributed by atoms with van der Waals surface area (Å²) >= 11 is 3.01. The summed E-state index contributed by atoms with van der Waals surface area (Å²) in [5, 5.41) is 8.75. The van der Waals surface area contributed by atoms with Crippen molar-refractivity contribution in [1.82, 2.24) is 14.8 Å². The summed E-state index contributed by atoms with van der Waals surface area (Å²) in [5.41, 5.74) is 0.634. The number of anilines is 2. The van der Waals surface area contributed by atoms with Crippen LogP contribution in [0.15, 0.2) is 12.1 Å². The number of thiazole rings is 1. The first kappa shape index (κ1) is 19.8. The van der Waals surface area contributed by atoms with Crippen LogP contribution in [0, 0.1) is 0 Å². The number of rotatable bonds is 3. The van der Waals surface area contributed by atoms with Crippen LogP contribution in [0.1, 0.15) is 56.9 Å². The predicted molar refractivity (Wildman–Crippen MR) is 116 cm³/mol. The van der Waals surface area contributed by atoms with Gasteiger partial charge in [-0.2, -0.15) is 5.10 Å². The van der Waals surface area contributed by atoms with Gasteiger partial charge in [-0.3, -0.25) is 4.79 Å². The predicted octanol–water partition coefficient (Wildman–Crippen LogP) is 4.93. The standard InChI is InChI=1S/C19H27N5OS2/c1-18(2,3)13-10-14(24(22-13)19(4,5)6)20-15(25)11-9-12-16(26-11)21-17(27-12)23(7)8/h9-10H,1-8H3,(H,20,25). The minimum Gasteiger partial charge on any atom is -0.354 e. The fourth-order valence-corrected chi connectivity index (χ4v) is 4.58. The van der Waals surface area contributed by atoms with Crippen molar-refractivity contribution < 1.29 is 4.79 Å². The van der Waals surface area contributed by atoms with Gasteiger partial charge in [-0.05, 0) is 26.8 Å². The molecule has 0 aromatic carbocycles. The van der Waals surface area contributed by atoms with E-state index in [-0.39, 0.29) is 16.9 Å². The third kappa shape index (κ3) is 4.01. The maximum atomic E-state index is 12.9. The lowest BCUT2D eigenvalue weighted by molar-refractivity contribution is 0.102. The molecule has 0 aliphatic carbocycles. The first-order valence-electron chi connectivity index (χ1n) is 8.86. The molecule has 0 radical (unpaired) electrons. The van der Waals surface area contributed by atoms with Crippen molar-refractivity contribution in [3.63, 3.8) is 0 Å². The molecule has 0 spiro atoms. The molecule has 1 N–H and O–H groups in total. The van der Waals surface area contributed by atoms with Crippen LogP contribution >= 0.6 is 22.7 Å². The molecule has 27 heavy (non-hydrogen) atoms. The lowest BCUT2D eigenvalue weighted by Crippen LogP contribution is -2.27. The number of hydrogen-bond acceptors (Lipinski definition) is 6. The molecule has 3 heterocycles. The molecule has 0 saturated carbocycles. The largest absolute Gasteiger partial charge is 0.354 e. The molecule has 0 saturated heterocycles. The summed E-state index contributed by atoms with van der Waals surface area (Å²) in [5.74, 6) is 0.596. The fraction of sp³-hybridized carbons (Fsp3) is 0.526. The summed E-state index contributed by atoms with van der Waals surface area (Å²) < 4.78 is 2.93. The Labute approximate surface area is 168 Å². The van der Waals surface area contributed by atoms with Crippen LogP contribution in [0.25, 0.3) is 9.53 Å². The van der Waals surface area contributed by atoms with E-state index in [0.29, 0.717) is 4.88 Å². The lowest BCUT2D eigenvalue weighted by atomic mass is 9.92. The van der Waals surface area contributed by atoms with E-state index in [0.717, 1.165) is 26.2 Å². The van der Waals surface area contributed by atoms with E-state index in [1.165, 1.54) is 11.3 Å². The monoisotopic (exact) mass is 405 g/mol. The molecule has 3 rings (SSSR count). The fourth-order valence-electron chi connectivity index (χ4n) is 2.55. The van der Waals surface area contributed by atoms with E-state index in [2.05, 4.69) is 51.8 Å². The molecule has 6 nitrogen and oxygen atoms in total. The Morgan fingerprint density at radius 2 is 1.78 bits per heavy atom. The molecule has 1 amide bonds. The molecule has 3 aromatic rings. The number of nitrogens with zero attached hydrogens (tertiary/aromatic N) is 4. The minimum atomic E-state index is -0.232. The highest BCUT2D eigenvalue weighted by Gasteiger charge is 2.26. The van der Waals surface area contributed by atoms with E-state index in [1.807, 2.05) is 35.8 Å². The molecule has 8 heteroatoms. The van der Waals surface area contributed by atoms with Crippen LogP contribution in [0.3, 0.4) is 0 Å². The van der Waals surface area contributed by atoms with Gasteiger partial charge in [0.2, 0.25) is 0 Å². The van der Waals surface area contributed by atoms with Crippen LogP contribution in [-0.4, -0.2) is 34.8 Å². The van der Waals surface area contributed by atoms with Gasteiger partial charge in [-0.15, -0.1) is 11.3 Å². The number of fused-ring (bicyclic) bond motifs is 1. The summed E-state index contributed by atoms with van der Waals surface area (Å²) in [6.07, 6.45) is 0. The zero-order valence-electron chi connectivity index (χ0n) is 17.2. The van der Waals surface area contributed by atoms with Gasteiger partial charge >= 0.3 is 0 Å². The highest BCUT2D eigenvalue weighted by molar-refractivity contribution is 7.29. The number of carbonyl (C=O) groups is 1. The van der Waals surface area contributed by atoms with Crippen molar-refractivity contribution in [3.05, 3.63) is 22.7 Å². The summed E-state index contributed by atoms with van der Waals surface area (Å²) in [4.78, 5) is 21.0. The van der Waals surface area contributed by atoms with Gasteiger partial charge in [-0.1, -0.05) is 32.1 Å². The zero-order valence-corrected chi connectivity index (χ0v) is 18.8. The van der Waals surface area contributed by atoms with Gasteiger partial charge < -0.3 is 10.2 Å². The van der Waals surface area contributed by atoms with Crippen LogP contribution in [0.5, 0.6) is 0 Å². The van der Waals surface area contributed by atoms with Gasteiger partial charge in [0.05, 0.1) is 20.8 Å².